The Hall–Kier alpha value is -1.46. The third-order valence-corrected chi connectivity index (χ3v) is 3.87. The van der Waals surface area contributed by atoms with E-state index < -0.39 is 11.6 Å². The van der Waals surface area contributed by atoms with Crippen molar-refractivity contribution in [2.75, 3.05) is 6.54 Å². The highest BCUT2D eigenvalue weighted by molar-refractivity contribution is 7.99. The van der Waals surface area contributed by atoms with Gasteiger partial charge in [0.1, 0.15) is 17.5 Å². The first kappa shape index (κ1) is 14.9. The van der Waals surface area contributed by atoms with Crippen molar-refractivity contribution in [2.45, 2.75) is 23.3 Å². The second kappa shape index (κ2) is 6.81. The zero-order chi connectivity index (χ0) is 14.5. The van der Waals surface area contributed by atoms with Gasteiger partial charge >= 0.3 is 0 Å². The van der Waals surface area contributed by atoms with Crippen LogP contribution in [0.5, 0.6) is 0 Å². The van der Waals surface area contributed by atoms with Crippen LogP contribution in [0.1, 0.15) is 12.5 Å². The van der Waals surface area contributed by atoms with Crippen molar-refractivity contribution in [3.05, 3.63) is 59.4 Å². The van der Waals surface area contributed by atoms with Gasteiger partial charge in [0.05, 0.1) is 0 Å². The van der Waals surface area contributed by atoms with Crippen LogP contribution >= 0.6 is 11.8 Å². The quantitative estimate of drug-likeness (QED) is 0.880. The normalized spacial score (nSPS) is 10.8. The summed E-state index contributed by atoms with van der Waals surface area (Å²) in [6.45, 7) is 3.21. The third-order valence-electron chi connectivity index (χ3n) is 2.70. The van der Waals surface area contributed by atoms with E-state index in [2.05, 4.69) is 5.32 Å². The standard InChI is InChI=1S/C15H14F3NS/c1-2-19-9-10-7-11(16)3-5-14(10)20-15-6-4-12(17)8-13(15)18/h3-8,19H,2,9H2,1H3. The average molecular weight is 297 g/mol. The molecule has 0 aliphatic carbocycles. The highest BCUT2D eigenvalue weighted by atomic mass is 32.2. The summed E-state index contributed by atoms with van der Waals surface area (Å²) >= 11 is 1.16. The molecule has 2 rings (SSSR count). The average Bonchev–Trinajstić information content (AvgIpc) is 2.41. The zero-order valence-corrected chi connectivity index (χ0v) is 11.7. The van der Waals surface area contributed by atoms with Gasteiger partial charge in [-0.3, -0.25) is 0 Å². The summed E-state index contributed by atoms with van der Waals surface area (Å²) in [7, 11) is 0. The largest absolute Gasteiger partial charge is 0.313 e. The number of nitrogens with one attached hydrogen (secondary N) is 1. The van der Waals surface area contributed by atoms with Crippen LogP contribution in [0.4, 0.5) is 13.2 Å². The minimum atomic E-state index is -0.617. The van der Waals surface area contributed by atoms with E-state index in [4.69, 9.17) is 0 Å². The number of hydrogen-bond donors (Lipinski definition) is 1. The highest BCUT2D eigenvalue weighted by Crippen LogP contribution is 2.32. The van der Waals surface area contributed by atoms with Crippen LogP contribution in [0.25, 0.3) is 0 Å². The molecule has 0 saturated carbocycles. The fourth-order valence-corrected chi connectivity index (χ4v) is 2.65. The molecule has 2 aromatic rings. The smallest absolute Gasteiger partial charge is 0.140 e. The van der Waals surface area contributed by atoms with Crippen LogP contribution < -0.4 is 5.32 Å². The maximum atomic E-state index is 13.6. The predicted molar refractivity (Wildman–Crippen MR) is 74.3 cm³/mol. The first-order valence-corrected chi connectivity index (χ1v) is 7.04. The minimum absolute atomic E-state index is 0.316. The van der Waals surface area contributed by atoms with Crippen molar-refractivity contribution in [3.8, 4) is 0 Å². The van der Waals surface area contributed by atoms with Crippen molar-refractivity contribution in [1.82, 2.24) is 5.32 Å². The predicted octanol–water partition coefficient (Wildman–Crippen LogP) is 4.36. The first-order chi connectivity index (χ1) is 9.60. The second-order valence-corrected chi connectivity index (χ2v) is 5.29. The lowest BCUT2D eigenvalue weighted by Gasteiger charge is -2.10. The molecule has 0 atom stereocenters. The number of halogens is 3. The molecule has 0 heterocycles. The summed E-state index contributed by atoms with van der Waals surface area (Å²) in [5, 5.41) is 3.11. The lowest BCUT2D eigenvalue weighted by Crippen LogP contribution is -2.12. The monoisotopic (exact) mass is 297 g/mol. The summed E-state index contributed by atoms with van der Waals surface area (Å²) in [4.78, 5) is 1.06. The number of hydrogen-bond acceptors (Lipinski definition) is 2. The molecule has 0 spiro atoms. The van der Waals surface area contributed by atoms with Crippen LogP contribution in [0.2, 0.25) is 0 Å². The van der Waals surface area contributed by atoms with Crippen LogP contribution in [-0.4, -0.2) is 6.54 Å². The molecule has 0 aliphatic heterocycles. The summed E-state index contributed by atoms with van der Waals surface area (Å²) < 4.78 is 39.8. The molecule has 1 N–H and O–H groups in total. The Labute approximate surface area is 120 Å². The Kier molecular flexibility index (Phi) is 5.09. The van der Waals surface area contributed by atoms with Crippen LogP contribution in [0.15, 0.2) is 46.2 Å². The Morgan fingerprint density at radius 2 is 1.60 bits per heavy atom. The molecule has 2 aromatic carbocycles. The van der Waals surface area contributed by atoms with Gasteiger partial charge in [0.15, 0.2) is 0 Å². The fraction of sp³-hybridized carbons (Fsp3) is 0.200. The lowest BCUT2D eigenvalue weighted by molar-refractivity contribution is 0.565. The Balaban J connectivity index is 2.27. The second-order valence-electron chi connectivity index (χ2n) is 4.21. The van der Waals surface area contributed by atoms with Gasteiger partial charge in [-0.1, -0.05) is 18.7 Å². The molecule has 0 fully saturated rings. The van der Waals surface area contributed by atoms with Gasteiger partial charge in [0, 0.05) is 22.4 Å². The summed E-state index contributed by atoms with van der Waals surface area (Å²) in [5.74, 6) is -1.56. The third kappa shape index (κ3) is 3.77. The summed E-state index contributed by atoms with van der Waals surface area (Å²) in [6.07, 6.45) is 0. The molecular formula is C15H14F3NS. The SMILES string of the molecule is CCNCc1cc(F)ccc1Sc1ccc(F)cc1F. The summed E-state index contributed by atoms with van der Waals surface area (Å²) in [6, 6.07) is 7.80. The molecule has 0 bridgehead atoms. The topological polar surface area (TPSA) is 12.0 Å². The van der Waals surface area contributed by atoms with Gasteiger partial charge in [-0.05, 0) is 42.4 Å². The van der Waals surface area contributed by atoms with E-state index in [1.165, 1.54) is 24.3 Å². The Bertz CT molecular complexity index is 602. The van der Waals surface area contributed by atoms with Crippen molar-refractivity contribution < 1.29 is 13.2 Å². The highest BCUT2D eigenvalue weighted by Gasteiger charge is 2.10. The van der Waals surface area contributed by atoms with Crippen LogP contribution in [-0.2, 0) is 6.54 Å². The zero-order valence-electron chi connectivity index (χ0n) is 10.9. The molecule has 0 unspecified atom stereocenters. The van der Waals surface area contributed by atoms with Crippen molar-refractivity contribution in [3.63, 3.8) is 0 Å². The van der Waals surface area contributed by atoms with Gasteiger partial charge in [0.25, 0.3) is 0 Å². The summed E-state index contributed by atoms with van der Waals surface area (Å²) in [5.41, 5.74) is 0.751. The van der Waals surface area contributed by atoms with E-state index >= 15 is 0 Å². The Morgan fingerprint density at radius 1 is 0.950 bits per heavy atom. The molecule has 0 amide bonds. The van der Waals surface area contributed by atoms with Crippen molar-refractivity contribution >= 4 is 11.8 Å². The van der Waals surface area contributed by atoms with Gasteiger partial charge in [-0.15, -0.1) is 0 Å². The van der Waals surface area contributed by atoms with Crippen LogP contribution in [0.3, 0.4) is 0 Å². The van der Waals surface area contributed by atoms with E-state index in [0.29, 0.717) is 11.4 Å². The molecular weight excluding hydrogens is 283 g/mol. The number of rotatable bonds is 5. The Morgan fingerprint density at radius 3 is 2.25 bits per heavy atom. The molecule has 1 nitrogen and oxygen atoms in total. The first-order valence-electron chi connectivity index (χ1n) is 6.22. The van der Waals surface area contributed by atoms with Crippen LogP contribution in [0, 0.1) is 17.5 Å². The van der Waals surface area contributed by atoms with Gasteiger partial charge in [0.2, 0.25) is 0 Å². The van der Waals surface area contributed by atoms with E-state index in [-0.39, 0.29) is 5.82 Å². The molecule has 0 aromatic heterocycles. The molecule has 106 valence electrons. The van der Waals surface area contributed by atoms with E-state index in [9.17, 15) is 13.2 Å². The van der Waals surface area contributed by atoms with E-state index in [1.54, 1.807) is 6.07 Å². The van der Waals surface area contributed by atoms with Crippen molar-refractivity contribution in [1.29, 1.82) is 0 Å². The van der Waals surface area contributed by atoms with Crippen molar-refractivity contribution in [2.24, 2.45) is 0 Å². The lowest BCUT2D eigenvalue weighted by atomic mass is 10.2. The molecule has 20 heavy (non-hydrogen) atoms. The van der Waals surface area contributed by atoms with E-state index in [1.807, 2.05) is 6.92 Å². The van der Waals surface area contributed by atoms with E-state index in [0.717, 1.165) is 34.8 Å². The van der Waals surface area contributed by atoms with Gasteiger partial charge in [-0.25, -0.2) is 13.2 Å². The maximum Gasteiger partial charge on any atom is 0.140 e. The molecule has 5 heteroatoms. The fourth-order valence-electron chi connectivity index (χ4n) is 1.72. The van der Waals surface area contributed by atoms with Gasteiger partial charge in [-0.2, -0.15) is 0 Å². The molecule has 0 saturated heterocycles. The minimum Gasteiger partial charge on any atom is -0.313 e. The maximum absolute atomic E-state index is 13.6. The molecule has 0 aliphatic rings. The number of benzene rings is 2. The van der Waals surface area contributed by atoms with Gasteiger partial charge < -0.3 is 5.32 Å². The molecule has 0 radical (unpaired) electrons.